The zero-order valence-electron chi connectivity index (χ0n) is 15.1. The Labute approximate surface area is 141 Å². The Kier molecular flexibility index (Phi) is 6.51. The van der Waals surface area contributed by atoms with Gasteiger partial charge in [0.2, 0.25) is 0 Å². The van der Waals surface area contributed by atoms with Crippen molar-refractivity contribution in [1.29, 1.82) is 0 Å². The van der Waals surface area contributed by atoms with Crippen molar-refractivity contribution in [2.75, 3.05) is 13.1 Å². The van der Waals surface area contributed by atoms with Crippen LogP contribution in [0, 0.1) is 5.92 Å². The average Bonchev–Trinajstić information content (AvgIpc) is 2.96. The van der Waals surface area contributed by atoms with E-state index in [1.807, 2.05) is 31.7 Å². The van der Waals surface area contributed by atoms with E-state index in [-0.39, 0.29) is 6.09 Å². The molecule has 3 atom stereocenters. The number of likely N-dealkylation sites (tertiary alicyclic amines) is 1. The maximum absolute atomic E-state index is 12.6. The molecule has 0 radical (unpaired) electrons. The molecule has 132 valence electrons. The lowest BCUT2D eigenvalue weighted by Crippen LogP contribution is -2.50. The molecule has 1 amide bonds. The molecule has 2 aliphatic rings. The van der Waals surface area contributed by atoms with E-state index in [1.165, 1.54) is 25.7 Å². The van der Waals surface area contributed by atoms with Gasteiger partial charge in [-0.2, -0.15) is 0 Å². The molecule has 0 spiro atoms. The van der Waals surface area contributed by atoms with Gasteiger partial charge in [-0.3, -0.25) is 0 Å². The normalized spacial score (nSPS) is 28.7. The molecule has 4 heteroatoms. The summed E-state index contributed by atoms with van der Waals surface area (Å²) in [6.07, 6.45) is 10.1. The number of carbonyl (C=O) groups is 1. The Morgan fingerprint density at radius 2 is 2.00 bits per heavy atom. The molecule has 0 aromatic rings. The first-order chi connectivity index (χ1) is 10.9. The number of hydrogen-bond acceptors (Lipinski definition) is 3. The van der Waals surface area contributed by atoms with Gasteiger partial charge in [0.05, 0.1) is 0 Å². The molecular formula is C19H34N2O2. The molecule has 1 N–H and O–H groups in total. The summed E-state index contributed by atoms with van der Waals surface area (Å²) in [5.41, 5.74) is -0.418. The summed E-state index contributed by atoms with van der Waals surface area (Å²) >= 11 is 0. The van der Waals surface area contributed by atoms with Crippen LogP contribution < -0.4 is 5.32 Å². The summed E-state index contributed by atoms with van der Waals surface area (Å²) in [5, 5.41) is 3.71. The van der Waals surface area contributed by atoms with Gasteiger partial charge in [-0.05, 0) is 65.3 Å². The highest BCUT2D eigenvalue weighted by Crippen LogP contribution is 2.35. The average molecular weight is 322 g/mol. The van der Waals surface area contributed by atoms with Crippen molar-refractivity contribution < 1.29 is 9.53 Å². The Morgan fingerprint density at radius 1 is 1.26 bits per heavy atom. The fraction of sp³-hybridized carbons (Fsp3) is 0.842. The number of carbonyl (C=O) groups excluding carboxylic acids is 1. The smallest absolute Gasteiger partial charge is 0.410 e. The summed E-state index contributed by atoms with van der Waals surface area (Å²) < 4.78 is 5.63. The van der Waals surface area contributed by atoms with Gasteiger partial charge in [-0.1, -0.05) is 18.9 Å². The third-order valence-corrected chi connectivity index (χ3v) is 5.00. The van der Waals surface area contributed by atoms with Crippen LogP contribution in [0.5, 0.6) is 0 Å². The summed E-state index contributed by atoms with van der Waals surface area (Å²) in [6, 6.07) is 0.864. The molecule has 1 heterocycles. The predicted molar refractivity (Wildman–Crippen MR) is 94.5 cm³/mol. The van der Waals surface area contributed by atoms with Crippen LogP contribution >= 0.6 is 0 Å². The fourth-order valence-electron chi connectivity index (χ4n) is 4.03. The first kappa shape index (κ1) is 18.3. The van der Waals surface area contributed by atoms with E-state index in [0.717, 1.165) is 32.4 Å². The maximum atomic E-state index is 12.6. The predicted octanol–water partition coefficient (Wildman–Crippen LogP) is 4.11. The standard InChI is InChI=1S/C19H34N2O2/c1-5-6-13-20-16-11-8-7-10-15(16)17-12-9-14-21(17)18(22)23-19(2,3)4/h5,15-17,20H,1,6-14H2,2-4H3. The number of ether oxygens (including phenoxy) is 1. The van der Waals surface area contributed by atoms with Gasteiger partial charge in [0.1, 0.15) is 5.60 Å². The molecule has 0 aromatic carbocycles. The molecular weight excluding hydrogens is 288 g/mol. The molecule has 1 saturated heterocycles. The van der Waals surface area contributed by atoms with Crippen LogP contribution in [0.15, 0.2) is 12.7 Å². The lowest BCUT2D eigenvalue weighted by molar-refractivity contribution is 0.0133. The third-order valence-electron chi connectivity index (χ3n) is 5.00. The minimum atomic E-state index is -0.418. The minimum Gasteiger partial charge on any atom is -0.444 e. The van der Waals surface area contributed by atoms with E-state index in [1.54, 1.807) is 0 Å². The highest BCUT2D eigenvalue weighted by Gasteiger charge is 2.40. The lowest BCUT2D eigenvalue weighted by Gasteiger charge is -2.40. The number of rotatable bonds is 5. The van der Waals surface area contributed by atoms with Crippen molar-refractivity contribution in [3.8, 4) is 0 Å². The van der Waals surface area contributed by atoms with Crippen LogP contribution in [0.2, 0.25) is 0 Å². The van der Waals surface area contributed by atoms with E-state index < -0.39 is 5.60 Å². The van der Waals surface area contributed by atoms with Gasteiger partial charge in [-0.15, -0.1) is 6.58 Å². The first-order valence-electron chi connectivity index (χ1n) is 9.26. The van der Waals surface area contributed by atoms with Gasteiger partial charge in [0.25, 0.3) is 0 Å². The topological polar surface area (TPSA) is 41.6 Å². The highest BCUT2D eigenvalue weighted by atomic mass is 16.6. The van der Waals surface area contributed by atoms with Crippen molar-refractivity contribution in [2.24, 2.45) is 5.92 Å². The second-order valence-electron chi connectivity index (χ2n) is 7.97. The fourth-order valence-corrected chi connectivity index (χ4v) is 4.03. The Bertz CT molecular complexity index is 403. The van der Waals surface area contributed by atoms with E-state index in [2.05, 4.69) is 11.9 Å². The first-order valence-corrected chi connectivity index (χ1v) is 9.26. The molecule has 23 heavy (non-hydrogen) atoms. The molecule has 1 aliphatic carbocycles. The van der Waals surface area contributed by atoms with Crippen LogP contribution in [0.3, 0.4) is 0 Å². The molecule has 1 saturated carbocycles. The number of amides is 1. The minimum absolute atomic E-state index is 0.129. The quantitative estimate of drug-likeness (QED) is 0.612. The maximum Gasteiger partial charge on any atom is 0.410 e. The van der Waals surface area contributed by atoms with E-state index >= 15 is 0 Å². The molecule has 2 fully saturated rings. The van der Waals surface area contributed by atoms with Gasteiger partial charge in [0, 0.05) is 18.6 Å². The lowest BCUT2D eigenvalue weighted by atomic mass is 9.79. The Balaban J connectivity index is 2.00. The van der Waals surface area contributed by atoms with E-state index in [9.17, 15) is 4.79 Å². The largest absolute Gasteiger partial charge is 0.444 e. The molecule has 2 rings (SSSR count). The second-order valence-corrected chi connectivity index (χ2v) is 7.97. The van der Waals surface area contributed by atoms with Crippen LogP contribution in [0.4, 0.5) is 4.79 Å². The van der Waals surface area contributed by atoms with Crippen LogP contribution in [-0.4, -0.2) is 41.8 Å². The molecule has 0 aromatic heterocycles. The number of nitrogens with zero attached hydrogens (tertiary/aromatic N) is 1. The molecule has 0 bridgehead atoms. The second kappa shape index (κ2) is 8.18. The van der Waals surface area contributed by atoms with E-state index in [4.69, 9.17) is 4.74 Å². The zero-order chi connectivity index (χ0) is 16.9. The Hall–Kier alpha value is -1.03. The Morgan fingerprint density at radius 3 is 2.70 bits per heavy atom. The van der Waals surface area contributed by atoms with Crippen LogP contribution in [0.1, 0.15) is 65.7 Å². The van der Waals surface area contributed by atoms with Crippen LogP contribution in [0.25, 0.3) is 0 Å². The van der Waals surface area contributed by atoms with Crippen LogP contribution in [-0.2, 0) is 4.74 Å². The van der Waals surface area contributed by atoms with Crippen molar-refractivity contribution in [3.63, 3.8) is 0 Å². The summed E-state index contributed by atoms with van der Waals surface area (Å²) in [4.78, 5) is 14.6. The summed E-state index contributed by atoms with van der Waals surface area (Å²) in [6.45, 7) is 11.5. The summed E-state index contributed by atoms with van der Waals surface area (Å²) in [7, 11) is 0. The molecule has 3 unspecified atom stereocenters. The zero-order valence-corrected chi connectivity index (χ0v) is 15.1. The SMILES string of the molecule is C=CCCNC1CCCCC1C1CCCN1C(=O)OC(C)(C)C. The van der Waals surface area contributed by atoms with Crippen molar-refractivity contribution in [3.05, 3.63) is 12.7 Å². The van der Waals surface area contributed by atoms with Gasteiger partial charge in [-0.25, -0.2) is 4.79 Å². The van der Waals surface area contributed by atoms with Gasteiger partial charge in [0.15, 0.2) is 0 Å². The van der Waals surface area contributed by atoms with Crippen molar-refractivity contribution >= 4 is 6.09 Å². The number of nitrogens with one attached hydrogen (secondary N) is 1. The van der Waals surface area contributed by atoms with Gasteiger partial charge < -0.3 is 15.0 Å². The van der Waals surface area contributed by atoms with Crippen molar-refractivity contribution in [2.45, 2.75) is 83.4 Å². The number of hydrogen-bond donors (Lipinski definition) is 1. The van der Waals surface area contributed by atoms with E-state index in [0.29, 0.717) is 18.0 Å². The monoisotopic (exact) mass is 322 g/mol. The van der Waals surface area contributed by atoms with Gasteiger partial charge >= 0.3 is 6.09 Å². The molecule has 4 nitrogen and oxygen atoms in total. The van der Waals surface area contributed by atoms with Crippen molar-refractivity contribution in [1.82, 2.24) is 10.2 Å². The molecule has 1 aliphatic heterocycles. The summed E-state index contributed by atoms with van der Waals surface area (Å²) in [5.74, 6) is 0.559. The third kappa shape index (κ3) is 5.23. The highest BCUT2D eigenvalue weighted by molar-refractivity contribution is 5.69.